The van der Waals surface area contributed by atoms with Gasteiger partial charge in [0.15, 0.2) is 0 Å². The van der Waals surface area contributed by atoms with Gasteiger partial charge < -0.3 is 9.80 Å². The molecule has 140 valence electrons. The second-order valence-corrected chi connectivity index (χ2v) is 8.86. The van der Waals surface area contributed by atoms with Gasteiger partial charge in [-0.3, -0.25) is 4.79 Å². The molecule has 27 heavy (non-hydrogen) atoms. The van der Waals surface area contributed by atoms with Gasteiger partial charge in [0.05, 0.1) is 11.1 Å². The Morgan fingerprint density at radius 1 is 1.15 bits per heavy atom. The van der Waals surface area contributed by atoms with E-state index in [9.17, 15) is 4.79 Å². The summed E-state index contributed by atoms with van der Waals surface area (Å²) in [7, 11) is 1.85. The summed E-state index contributed by atoms with van der Waals surface area (Å²) in [6.07, 6.45) is 5.59. The monoisotopic (exact) mass is 397 g/mol. The number of aromatic nitrogens is 1. The highest BCUT2D eigenvalue weighted by Crippen LogP contribution is 2.29. The van der Waals surface area contributed by atoms with Crippen molar-refractivity contribution in [1.82, 2.24) is 9.88 Å². The van der Waals surface area contributed by atoms with Crippen molar-refractivity contribution in [3.05, 3.63) is 58.4 Å². The third kappa shape index (κ3) is 4.22. The molecule has 0 bridgehead atoms. The van der Waals surface area contributed by atoms with E-state index in [1.54, 1.807) is 22.4 Å². The molecule has 1 aromatic carbocycles. The summed E-state index contributed by atoms with van der Waals surface area (Å²) in [5, 5.41) is 2.94. The number of benzene rings is 1. The standard InChI is InChI=1S/C21H23N3OS2/c1-23(21(25)19-14-22-20(27-19)18-6-5-13-26-18)15-16-7-9-17(10-8-16)24-11-3-2-4-12-24/h5-10,13-14H,2-4,11-12,15H2,1H3. The van der Waals surface area contributed by atoms with Gasteiger partial charge in [0.2, 0.25) is 0 Å². The van der Waals surface area contributed by atoms with Crippen LogP contribution in [0.2, 0.25) is 0 Å². The number of carbonyl (C=O) groups excluding carboxylic acids is 1. The Kier molecular flexibility index (Phi) is 5.55. The van der Waals surface area contributed by atoms with Gasteiger partial charge in [0, 0.05) is 32.4 Å². The molecule has 1 saturated heterocycles. The number of carbonyl (C=O) groups is 1. The van der Waals surface area contributed by atoms with Crippen LogP contribution in [0.5, 0.6) is 0 Å². The topological polar surface area (TPSA) is 36.4 Å². The van der Waals surface area contributed by atoms with Crippen molar-refractivity contribution in [2.24, 2.45) is 0 Å². The predicted octanol–water partition coefficient (Wildman–Crippen LogP) is 5.13. The number of hydrogen-bond donors (Lipinski definition) is 0. The lowest BCUT2D eigenvalue weighted by atomic mass is 10.1. The fraction of sp³-hybridized carbons (Fsp3) is 0.333. The summed E-state index contributed by atoms with van der Waals surface area (Å²) in [5.41, 5.74) is 2.44. The molecule has 1 aliphatic heterocycles. The van der Waals surface area contributed by atoms with E-state index in [-0.39, 0.29) is 5.91 Å². The van der Waals surface area contributed by atoms with Crippen molar-refractivity contribution < 1.29 is 4.79 Å². The molecule has 1 aliphatic rings. The second kappa shape index (κ2) is 8.23. The van der Waals surface area contributed by atoms with E-state index in [1.165, 1.54) is 36.3 Å². The third-order valence-electron chi connectivity index (χ3n) is 4.87. The minimum absolute atomic E-state index is 0.0235. The van der Waals surface area contributed by atoms with Gasteiger partial charge in [-0.05, 0) is 48.4 Å². The maximum Gasteiger partial charge on any atom is 0.265 e. The Balaban J connectivity index is 1.39. The fourth-order valence-corrected chi connectivity index (χ4v) is 5.10. The molecule has 1 amide bonds. The van der Waals surface area contributed by atoms with Gasteiger partial charge in [-0.2, -0.15) is 0 Å². The van der Waals surface area contributed by atoms with E-state index >= 15 is 0 Å². The Morgan fingerprint density at radius 2 is 1.93 bits per heavy atom. The van der Waals surface area contributed by atoms with Crippen LogP contribution in [0, 0.1) is 0 Å². The lowest BCUT2D eigenvalue weighted by molar-refractivity contribution is 0.0789. The van der Waals surface area contributed by atoms with Crippen molar-refractivity contribution in [3.63, 3.8) is 0 Å². The normalized spacial score (nSPS) is 14.3. The Labute approximate surface area is 168 Å². The maximum atomic E-state index is 12.7. The van der Waals surface area contributed by atoms with Crippen LogP contribution >= 0.6 is 22.7 Å². The quantitative estimate of drug-likeness (QED) is 0.598. The largest absolute Gasteiger partial charge is 0.372 e. The number of piperidine rings is 1. The van der Waals surface area contributed by atoms with Gasteiger partial charge in [0.1, 0.15) is 9.88 Å². The number of nitrogens with zero attached hydrogens (tertiary/aromatic N) is 3. The van der Waals surface area contributed by atoms with Crippen LogP contribution in [-0.2, 0) is 6.54 Å². The molecular weight excluding hydrogens is 374 g/mol. The summed E-state index contributed by atoms with van der Waals surface area (Å²) in [4.78, 5) is 23.2. The van der Waals surface area contributed by atoms with Crippen LogP contribution in [0.15, 0.2) is 48.0 Å². The van der Waals surface area contributed by atoms with E-state index in [0.717, 1.165) is 28.5 Å². The van der Waals surface area contributed by atoms with Gasteiger partial charge in [-0.25, -0.2) is 4.98 Å². The lowest BCUT2D eigenvalue weighted by Gasteiger charge is -2.29. The average molecular weight is 398 g/mol. The molecule has 0 radical (unpaired) electrons. The minimum Gasteiger partial charge on any atom is -0.372 e. The molecule has 4 rings (SSSR count). The number of thiazole rings is 1. The fourth-order valence-electron chi connectivity index (χ4n) is 3.39. The number of amides is 1. The zero-order chi connectivity index (χ0) is 18.6. The van der Waals surface area contributed by atoms with Crippen LogP contribution in [0.25, 0.3) is 9.88 Å². The Bertz CT molecular complexity index is 881. The van der Waals surface area contributed by atoms with E-state index < -0.39 is 0 Å². The molecule has 6 heteroatoms. The number of hydrogen-bond acceptors (Lipinski definition) is 5. The molecule has 1 fully saturated rings. The third-order valence-corrected chi connectivity index (χ3v) is 6.90. The minimum atomic E-state index is 0.0235. The Morgan fingerprint density at radius 3 is 2.63 bits per heavy atom. The van der Waals surface area contributed by atoms with Crippen LogP contribution < -0.4 is 4.90 Å². The molecule has 3 aromatic rings. The first-order chi connectivity index (χ1) is 13.2. The molecule has 0 saturated carbocycles. The van der Waals surface area contributed by atoms with Crippen LogP contribution in [0.1, 0.15) is 34.5 Å². The smallest absolute Gasteiger partial charge is 0.265 e. The zero-order valence-electron chi connectivity index (χ0n) is 15.4. The molecular formula is C21H23N3OS2. The van der Waals surface area contributed by atoms with Crippen molar-refractivity contribution in [1.29, 1.82) is 0 Å². The van der Waals surface area contributed by atoms with E-state index in [4.69, 9.17) is 0 Å². The Hall–Kier alpha value is -2.18. The first kappa shape index (κ1) is 18.2. The summed E-state index contributed by atoms with van der Waals surface area (Å²) in [5.74, 6) is 0.0235. The number of anilines is 1. The number of thiophene rings is 1. The molecule has 2 aromatic heterocycles. The predicted molar refractivity (Wildman–Crippen MR) is 114 cm³/mol. The number of rotatable bonds is 5. The summed E-state index contributed by atoms with van der Waals surface area (Å²) >= 11 is 3.10. The van der Waals surface area contributed by atoms with E-state index in [2.05, 4.69) is 34.1 Å². The zero-order valence-corrected chi connectivity index (χ0v) is 17.1. The second-order valence-electron chi connectivity index (χ2n) is 6.88. The van der Waals surface area contributed by atoms with Crippen molar-refractivity contribution in [2.75, 3.05) is 25.0 Å². The molecule has 0 N–H and O–H groups in total. The van der Waals surface area contributed by atoms with Crippen molar-refractivity contribution >= 4 is 34.3 Å². The van der Waals surface area contributed by atoms with E-state index in [1.807, 2.05) is 24.6 Å². The molecule has 3 heterocycles. The van der Waals surface area contributed by atoms with Gasteiger partial charge >= 0.3 is 0 Å². The van der Waals surface area contributed by atoms with Crippen molar-refractivity contribution in [3.8, 4) is 9.88 Å². The summed E-state index contributed by atoms with van der Waals surface area (Å²) in [6.45, 7) is 2.90. The SMILES string of the molecule is CN(Cc1ccc(N2CCCCC2)cc1)C(=O)c1cnc(-c2cccs2)s1. The van der Waals surface area contributed by atoms with Gasteiger partial charge in [0.25, 0.3) is 5.91 Å². The van der Waals surface area contributed by atoms with Gasteiger partial charge in [-0.1, -0.05) is 18.2 Å². The summed E-state index contributed by atoms with van der Waals surface area (Å²) in [6, 6.07) is 12.7. The average Bonchev–Trinajstić information content (AvgIpc) is 3.40. The van der Waals surface area contributed by atoms with Crippen LogP contribution in [-0.4, -0.2) is 35.9 Å². The first-order valence-electron chi connectivity index (χ1n) is 9.30. The molecule has 0 atom stereocenters. The van der Waals surface area contributed by atoms with E-state index in [0.29, 0.717) is 11.4 Å². The highest BCUT2D eigenvalue weighted by atomic mass is 32.1. The molecule has 0 unspecified atom stereocenters. The lowest BCUT2D eigenvalue weighted by Crippen LogP contribution is -2.29. The summed E-state index contributed by atoms with van der Waals surface area (Å²) < 4.78 is 0. The maximum absolute atomic E-state index is 12.7. The van der Waals surface area contributed by atoms with Crippen LogP contribution in [0.4, 0.5) is 5.69 Å². The highest BCUT2D eigenvalue weighted by molar-refractivity contribution is 7.21. The first-order valence-corrected chi connectivity index (χ1v) is 11.0. The molecule has 0 spiro atoms. The highest BCUT2D eigenvalue weighted by Gasteiger charge is 2.17. The molecule has 0 aliphatic carbocycles. The molecule has 4 nitrogen and oxygen atoms in total. The van der Waals surface area contributed by atoms with Crippen LogP contribution in [0.3, 0.4) is 0 Å². The van der Waals surface area contributed by atoms with Gasteiger partial charge in [-0.15, -0.1) is 22.7 Å². The van der Waals surface area contributed by atoms with Crippen molar-refractivity contribution in [2.45, 2.75) is 25.8 Å².